The molecule has 32 heavy (non-hydrogen) atoms. The van der Waals surface area contributed by atoms with Crippen molar-refractivity contribution in [1.82, 2.24) is 9.38 Å². The number of para-hydroxylation sites is 1. The van der Waals surface area contributed by atoms with Crippen LogP contribution in [-0.2, 0) is 6.42 Å². The van der Waals surface area contributed by atoms with Crippen molar-refractivity contribution in [2.24, 2.45) is 0 Å². The Morgan fingerprint density at radius 1 is 1.00 bits per heavy atom. The molecule has 2 N–H and O–H groups in total. The van der Waals surface area contributed by atoms with E-state index in [-0.39, 0.29) is 16.1 Å². The highest BCUT2D eigenvalue weighted by molar-refractivity contribution is 14.1. The quantitative estimate of drug-likeness (QED) is 0.332. The summed E-state index contributed by atoms with van der Waals surface area (Å²) in [5.74, 6) is -1.03. The molecule has 4 rings (SSSR count). The second-order valence-corrected chi connectivity index (χ2v) is 9.24. The van der Waals surface area contributed by atoms with Crippen LogP contribution in [0.2, 0.25) is 0 Å². The zero-order valence-corrected chi connectivity index (χ0v) is 20.1. The molecule has 2 aromatic carbocycles. The predicted octanol–water partition coefficient (Wildman–Crippen LogP) is 4.82. The Morgan fingerprint density at radius 3 is 2.34 bits per heavy atom. The fourth-order valence-corrected chi connectivity index (χ4v) is 4.60. The topological polar surface area (TPSA) is 92.6 Å². The van der Waals surface area contributed by atoms with Crippen LogP contribution >= 0.6 is 33.9 Å². The van der Waals surface area contributed by atoms with Crippen molar-refractivity contribution in [3.63, 3.8) is 0 Å². The van der Waals surface area contributed by atoms with Gasteiger partial charge in [-0.3, -0.25) is 14.4 Å². The number of carbonyl (C=O) groups excluding carboxylic acids is 2. The molecule has 0 unspecified atom stereocenters. The zero-order chi connectivity index (χ0) is 22.7. The number of thiazole rings is 1. The maximum Gasteiger partial charge on any atom is 0.274 e. The molecule has 0 saturated heterocycles. The number of aromatic nitrogens is 2. The summed E-state index contributed by atoms with van der Waals surface area (Å²) in [6, 6.07) is 17.6. The van der Waals surface area contributed by atoms with Gasteiger partial charge in [-0.2, -0.15) is 0 Å². The van der Waals surface area contributed by atoms with E-state index in [0.717, 1.165) is 21.3 Å². The van der Waals surface area contributed by atoms with Crippen molar-refractivity contribution in [3.05, 3.63) is 90.9 Å². The molecule has 0 aliphatic rings. The van der Waals surface area contributed by atoms with Crippen LogP contribution in [-0.4, -0.2) is 21.2 Å². The summed E-state index contributed by atoms with van der Waals surface area (Å²) in [6.07, 6.45) is 1.47. The standard InChI is InChI=1S/C23H19IN4O3S/c1-2-6-17-13-18(29)28-19(21(30)25-16-11-9-14(24)10-12-16)20(32-23(28)27-17)22(31)26-15-7-4-3-5-8-15/h3-5,7-13H,2,6H2,1H3,(H,25,30)(H,26,31). The molecule has 0 bridgehead atoms. The third-order valence-corrected chi connectivity index (χ3v) is 6.39. The average molecular weight is 558 g/mol. The summed E-state index contributed by atoms with van der Waals surface area (Å²) in [6.45, 7) is 2.00. The third kappa shape index (κ3) is 4.73. The third-order valence-electron chi connectivity index (χ3n) is 4.63. The van der Waals surface area contributed by atoms with Gasteiger partial charge in [0.15, 0.2) is 4.96 Å². The SMILES string of the molecule is CCCc1cc(=O)n2c(C(=O)Nc3ccc(I)cc3)c(C(=O)Nc3ccccc3)sc2n1. The Balaban J connectivity index is 1.80. The lowest BCUT2D eigenvalue weighted by Crippen LogP contribution is -2.25. The van der Waals surface area contributed by atoms with Gasteiger partial charge in [0.2, 0.25) is 0 Å². The second kappa shape index (κ2) is 9.61. The smallest absolute Gasteiger partial charge is 0.274 e. The van der Waals surface area contributed by atoms with Gasteiger partial charge in [0.25, 0.3) is 17.4 Å². The molecule has 2 heterocycles. The molecule has 0 fully saturated rings. The first-order valence-corrected chi connectivity index (χ1v) is 11.8. The Morgan fingerprint density at radius 2 is 1.66 bits per heavy atom. The number of hydrogen-bond acceptors (Lipinski definition) is 5. The Bertz CT molecular complexity index is 1350. The van der Waals surface area contributed by atoms with E-state index in [4.69, 9.17) is 0 Å². The average Bonchev–Trinajstić information content (AvgIpc) is 3.17. The zero-order valence-electron chi connectivity index (χ0n) is 17.1. The lowest BCUT2D eigenvalue weighted by molar-refractivity contribution is 0.0989. The minimum atomic E-state index is -0.553. The van der Waals surface area contributed by atoms with Gasteiger partial charge in [-0.15, -0.1) is 0 Å². The van der Waals surface area contributed by atoms with Crippen LogP contribution in [0.4, 0.5) is 11.4 Å². The van der Waals surface area contributed by atoms with Crippen molar-refractivity contribution >= 4 is 62.1 Å². The number of benzene rings is 2. The molecule has 2 aromatic heterocycles. The van der Waals surface area contributed by atoms with Crippen LogP contribution in [0.3, 0.4) is 0 Å². The van der Waals surface area contributed by atoms with Gasteiger partial charge >= 0.3 is 0 Å². The highest BCUT2D eigenvalue weighted by Crippen LogP contribution is 2.24. The number of aryl methyl sites for hydroxylation is 1. The van der Waals surface area contributed by atoms with E-state index in [1.54, 1.807) is 36.4 Å². The van der Waals surface area contributed by atoms with E-state index in [0.29, 0.717) is 28.5 Å². The first kappa shape index (κ1) is 22.2. The Labute approximate surface area is 201 Å². The number of halogens is 1. The minimum Gasteiger partial charge on any atom is -0.321 e. The van der Waals surface area contributed by atoms with Gasteiger partial charge in [0.05, 0.1) is 0 Å². The summed E-state index contributed by atoms with van der Waals surface area (Å²) in [5, 5.41) is 5.58. The van der Waals surface area contributed by atoms with Gasteiger partial charge in [0.1, 0.15) is 10.6 Å². The van der Waals surface area contributed by atoms with Crippen LogP contribution in [0.5, 0.6) is 0 Å². The lowest BCUT2D eigenvalue weighted by atomic mass is 10.2. The normalized spacial score (nSPS) is 10.8. The first-order valence-electron chi connectivity index (χ1n) is 9.95. The maximum atomic E-state index is 13.2. The van der Waals surface area contributed by atoms with Gasteiger partial charge in [0, 0.05) is 26.7 Å². The van der Waals surface area contributed by atoms with Gasteiger partial charge in [-0.25, -0.2) is 9.38 Å². The first-order chi connectivity index (χ1) is 15.5. The molecular weight excluding hydrogens is 539 g/mol. The molecular formula is C23H19IN4O3S. The monoisotopic (exact) mass is 558 g/mol. The number of nitrogens with zero attached hydrogens (tertiary/aromatic N) is 2. The van der Waals surface area contributed by atoms with Crippen molar-refractivity contribution in [1.29, 1.82) is 0 Å². The van der Waals surface area contributed by atoms with Crippen molar-refractivity contribution in [2.75, 3.05) is 10.6 Å². The summed E-state index contributed by atoms with van der Waals surface area (Å²) in [7, 11) is 0. The van der Waals surface area contributed by atoms with Crippen LogP contribution in [0.15, 0.2) is 65.5 Å². The molecule has 0 saturated carbocycles. The number of nitrogens with one attached hydrogen (secondary N) is 2. The molecule has 7 nitrogen and oxygen atoms in total. The van der Waals surface area contributed by atoms with E-state index in [1.165, 1.54) is 10.5 Å². The molecule has 2 amide bonds. The predicted molar refractivity (Wildman–Crippen MR) is 135 cm³/mol. The molecule has 0 aliphatic heterocycles. The Kier molecular flexibility index (Phi) is 6.66. The largest absolute Gasteiger partial charge is 0.321 e. The number of hydrogen-bond donors (Lipinski definition) is 2. The van der Waals surface area contributed by atoms with E-state index < -0.39 is 11.8 Å². The van der Waals surface area contributed by atoms with Crippen molar-refractivity contribution < 1.29 is 9.59 Å². The maximum absolute atomic E-state index is 13.2. The number of carbonyl (C=O) groups is 2. The summed E-state index contributed by atoms with van der Waals surface area (Å²) < 4.78 is 2.24. The van der Waals surface area contributed by atoms with Crippen molar-refractivity contribution in [2.45, 2.75) is 19.8 Å². The van der Waals surface area contributed by atoms with E-state index in [2.05, 4.69) is 38.2 Å². The Hall–Kier alpha value is -3.05. The molecule has 0 atom stereocenters. The van der Waals surface area contributed by atoms with Crippen LogP contribution < -0.4 is 16.2 Å². The molecule has 4 aromatic rings. The fraction of sp³-hybridized carbons (Fsp3) is 0.130. The van der Waals surface area contributed by atoms with Gasteiger partial charge in [-0.05, 0) is 65.4 Å². The fourth-order valence-electron chi connectivity index (χ4n) is 3.20. The highest BCUT2D eigenvalue weighted by Gasteiger charge is 2.26. The van der Waals surface area contributed by atoms with Gasteiger partial charge in [-0.1, -0.05) is 42.9 Å². The number of amides is 2. The minimum absolute atomic E-state index is 0.0301. The summed E-state index contributed by atoms with van der Waals surface area (Å²) in [4.78, 5) is 44.2. The molecule has 0 aliphatic carbocycles. The summed E-state index contributed by atoms with van der Waals surface area (Å²) in [5.41, 5.74) is 1.37. The lowest BCUT2D eigenvalue weighted by Gasteiger charge is -2.08. The van der Waals surface area contributed by atoms with Crippen molar-refractivity contribution in [3.8, 4) is 0 Å². The van der Waals surface area contributed by atoms with E-state index in [9.17, 15) is 14.4 Å². The number of rotatable bonds is 6. The second-order valence-electron chi connectivity index (χ2n) is 7.01. The number of fused-ring (bicyclic) bond motifs is 1. The molecule has 9 heteroatoms. The number of anilines is 2. The molecule has 0 spiro atoms. The van der Waals surface area contributed by atoms with E-state index >= 15 is 0 Å². The molecule has 0 radical (unpaired) electrons. The van der Waals surface area contributed by atoms with Gasteiger partial charge < -0.3 is 10.6 Å². The van der Waals surface area contributed by atoms with Crippen LogP contribution in [0.1, 0.15) is 39.2 Å². The molecule has 162 valence electrons. The van der Waals surface area contributed by atoms with Crippen LogP contribution in [0, 0.1) is 3.57 Å². The van der Waals surface area contributed by atoms with Crippen LogP contribution in [0.25, 0.3) is 4.96 Å². The highest BCUT2D eigenvalue weighted by atomic mass is 127. The van der Waals surface area contributed by atoms with E-state index in [1.807, 2.05) is 25.1 Å². The summed E-state index contributed by atoms with van der Waals surface area (Å²) >= 11 is 3.20.